The first-order chi connectivity index (χ1) is 12.9. The van der Waals surface area contributed by atoms with Crippen molar-refractivity contribution in [2.45, 2.75) is 18.2 Å². The van der Waals surface area contributed by atoms with Crippen LogP contribution >= 0.6 is 0 Å². The smallest absolute Gasteiger partial charge is 0.242 e. The van der Waals surface area contributed by atoms with Gasteiger partial charge in [0.2, 0.25) is 10.0 Å². The number of nitrogens with zero attached hydrogens (tertiary/aromatic N) is 1. The van der Waals surface area contributed by atoms with Crippen molar-refractivity contribution in [3.05, 3.63) is 59.8 Å². The summed E-state index contributed by atoms with van der Waals surface area (Å²) in [7, 11) is -0.523. The Bertz CT molecular complexity index is 1060. The van der Waals surface area contributed by atoms with Crippen LogP contribution in [0, 0.1) is 6.92 Å². The predicted molar refractivity (Wildman–Crippen MR) is 105 cm³/mol. The summed E-state index contributed by atoms with van der Waals surface area (Å²) in [5.74, 6) is 1.26. The molecule has 0 atom stereocenters. The summed E-state index contributed by atoms with van der Waals surface area (Å²) in [5.41, 5.74) is 2.40. The molecule has 0 aliphatic rings. The molecule has 0 bridgehead atoms. The van der Waals surface area contributed by atoms with E-state index in [2.05, 4.69) is 9.71 Å². The molecule has 1 N–H and O–H groups in total. The second kappa shape index (κ2) is 7.94. The lowest BCUT2D eigenvalue weighted by atomic mass is 10.1. The van der Waals surface area contributed by atoms with E-state index in [1.807, 2.05) is 31.2 Å². The van der Waals surface area contributed by atoms with E-state index in [0.717, 1.165) is 16.5 Å². The van der Waals surface area contributed by atoms with Crippen LogP contribution in [0.5, 0.6) is 11.5 Å². The van der Waals surface area contributed by atoms with Gasteiger partial charge < -0.3 is 9.47 Å². The van der Waals surface area contributed by atoms with Crippen LogP contribution in [0.3, 0.4) is 0 Å². The molecule has 0 aliphatic heterocycles. The second-order valence-corrected chi connectivity index (χ2v) is 7.91. The highest BCUT2D eigenvalue weighted by atomic mass is 32.2. The minimum atomic E-state index is -3.67. The molecule has 6 nitrogen and oxygen atoms in total. The van der Waals surface area contributed by atoms with Crippen LogP contribution in [-0.2, 0) is 16.4 Å². The summed E-state index contributed by atoms with van der Waals surface area (Å²) in [6.07, 6.45) is 2.20. The lowest BCUT2D eigenvalue weighted by Crippen LogP contribution is -2.26. The van der Waals surface area contributed by atoms with Gasteiger partial charge in [-0.15, -0.1) is 0 Å². The van der Waals surface area contributed by atoms with Crippen molar-refractivity contribution in [3.8, 4) is 11.5 Å². The Morgan fingerprint density at radius 3 is 2.56 bits per heavy atom. The van der Waals surface area contributed by atoms with Crippen molar-refractivity contribution in [3.63, 3.8) is 0 Å². The number of hydrogen-bond donors (Lipinski definition) is 1. The Morgan fingerprint density at radius 2 is 1.81 bits per heavy atom. The fourth-order valence-corrected chi connectivity index (χ4v) is 4.11. The van der Waals surface area contributed by atoms with Gasteiger partial charge in [0, 0.05) is 18.1 Å². The van der Waals surface area contributed by atoms with Crippen LogP contribution < -0.4 is 14.2 Å². The first-order valence-corrected chi connectivity index (χ1v) is 9.99. The third-order valence-corrected chi connectivity index (χ3v) is 5.75. The van der Waals surface area contributed by atoms with Gasteiger partial charge in [0.25, 0.3) is 0 Å². The van der Waals surface area contributed by atoms with Crippen LogP contribution in [0.1, 0.15) is 11.1 Å². The van der Waals surface area contributed by atoms with Crippen molar-refractivity contribution >= 4 is 20.9 Å². The first kappa shape index (κ1) is 19.1. The number of pyridine rings is 1. The van der Waals surface area contributed by atoms with Crippen LogP contribution in [0.25, 0.3) is 10.9 Å². The number of nitrogens with one attached hydrogen (secondary N) is 1. The summed E-state index contributed by atoms with van der Waals surface area (Å²) < 4.78 is 38.6. The van der Waals surface area contributed by atoms with Crippen LogP contribution in [-0.4, -0.2) is 34.2 Å². The SMILES string of the molecule is COc1ccc(CCNS(=O)(=O)c2cccc3cc(C)cnc23)cc1OC. The molecule has 3 aromatic rings. The minimum Gasteiger partial charge on any atom is -0.493 e. The molecular formula is C20H22N2O4S. The van der Waals surface area contributed by atoms with Gasteiger partial charge >= 0.3 is 0 Å². The number of aromatic nitrogens is 1. The van der Waals surface area contributed by atoms with E-state index in [1.165, 1.54) is 0 Å². The number of ether oxygens (including phenoxy) is 2. The van der Waals surface area contributed by atoms with E-state index in [9.17, 15) is 8.42 Å². The average Bonchev–Trinajstić information content (AvgIpc) is 2.67. The topological polar surface area (TPSA) is 77.5 Å². The molecule has 1 aromatic heterocycles. The lowest BCUT2D eigenvalue weighted by molar-refractivity contribution is 0.354. The molecule has 0 aliphatic carbocycles. The third kappa shape index (κ3) is 4.20. The Labute approximate surface area is 159 Å². The Morgan fingerprint density at radius 1 is 1.04 bits per heavy atom. The second-order valence-electron chi connectivity index (χ2n) is 6.18. The highest BCUT2D eigenvalue weighted by Gasteiger charge is 2.18. The largest absolute Gasteiger partial charge is 0.493 e. The van der Waals surface area contributed by atoms with E-state index < -0.39 is 10.0 Å². The molecular weight excluding hydrogens is 364 g/mol. The van der Waals surface area contributed by atoms with Gasteiger partial charge in [-0.3, -0.25) is 4.98 Å². The van der Waals surface area contributed by atoms with E-state index >= 15 is 0 Å². The Kier molecular flexibility index (Phi) is 5.62. The van der Waals surface area contributed by atoms with Gasteiger partial charge in [0.15, 0.2) is 11.5 Å². The lowest BCUT2D eigenvalue weighted by Gasteiger charge is -2.11. The zero-order valence-corrected chi connectivity index (χ0v) is 16.3. The number of benzene rings is 2. The van der Waals surface area contributed by atoms with Crippen molar-refractivity contribution in [1.29, 1.82) is 0 Å². The molecule has 0 unspecified atom stereocenters. The first-order valence-electron chi connectivity index (χ1n) is 8.50. The molecule has 0 spiro atoms. The predicted octanol–water partition coefficient (Wildman–Crippen LogP) is 3.08. The van der Waals surface area contributed by atoms with Crippen molar-refractivity contribution < 1.29 is 17.9 Å². The maximum absolute atomic E-state index is 12.7. The zero-order chi connectivity index (χ0) is 19.4. The highest BCUT2D eigenvalue weighted by molar-refractivity contribution is 7.89. The van der Waals surface area contributed by atoms with Crippen LogP contribution in [0.2, 0.25) is 0 Å². The summed E-state index contributed by atoms with van der Waals surface area (Å²) in [6, 6.07) is 12.6. The molecule has 0 radical (unpaired) electrons. The van der Waals surface area contributed by atoms with Gasteiger partial charge in [-0.2, -0.15) is 0 Å². The fraction of sp³-hybridized carbons (Fsp3) is 0.250. The molecule has 0 amide bonds. The molecule has 0 fully saturated rings. The van der Waals surface area contributed by atoms with Gasteiger partial charge in [-0.25, -0.2) is 13.1 Å². The summed E-state index contributed by atoms with van der Waals surface area (Å²) in [5, 5.41) is 0.803. The minimum absolute atomic E-state index is 0.187. The van der Waals surface area contributed by atoms with E-state index in [0.29, 0.717) is 23.4 Å². The quantitative estimate of drug-likeness (QED) is 0.675. The van der Waals surface area contributed by atoms with Gasteiger partial charge in [0.1, 0.15) is 4.90 Å². The molecule has 7 heteroatoms. The molecule has 0 saturated carbocycles. The third-order valence-electron chi connectivity index (χ3n) is 4.25. The molecule has 2 aromatic carbocycles. The number of rotatable bonds is 7. The maximum atomic E-state index is 12.7. The van der Waals surface area contributed by atoms with Gasteiger partial charge in [-0.1, -0.05) is 18.2 Å². The summed E-state index contributed by atoms with van der Waals surface area (Å²) in [4.78, 5) is 4.49. The van der Waals surface area contributed by atoms with E-state index in [-0.39, 0.29) is 11.4 Å². The molecule has 27 heavy (non-hydrogen) atoms. The average molecular weight is 386 g/mol. The monoisotopic (exact) mass is 386 g/mol. The standard InChI is InChI=1S/C20H22N2O4S/c1-14-11-16-5-4-6-19(20(16)21-13-14)27(23,24)22-10-9-15-7-8-17(25-2)18(12-15)26-3/h4-8,11-13,22H,9-10H2,1-3H3. The van der Waals surface area contributed by atoms with Crippen LogP contribution in [0.4, 0.5) is 0 Å². The molecule has 3 rings (SSSR count). The van der Waals surface area contributed by atoms with E-state index in [1.54, 1.807) is 38.6 Å². The van der Waals surface area contributed by atoms with Gasteiger partial charge in [0.05, 0.1) is 19.7 Å². The van der Waals surface area contributed by atoms with Crippen LogP contribution in [0.15, 0.2) is 53.6 Å². The van der Waals surface area contributed by atoms with Crippen molar-refractivity contribution in [1.82, 2.24) is 9.71 Å². The summed E-state index contributed by atoms with van der Waals surface area (Å²) in [6.45, 7) is 2.19. The molecule has 1 heterocycles. The Balaban J connectivity index is 1.76. The molecule has 142 valence electrons. The van der Waals surface area contributed by atoms with Crippen molar-refractivity contribution in [2.75, 3.05) is 20.8 Å². The van der Waals surface area contributed by atoms with E-state index in [4.69, 9.17) is 9.47 Å². The van der Waals surface area contributed by atoms with Gasteiger partial charge in [-0.05, 0) is 48.7 Å². The zero-order valence-electron chi connectivity index (χ0n) is 15.5. The number of aryl methyl sites for hydroxylation is 1. The highest BCUT2D eigenvalue weighted by Crippen LogP contribution is 2.27. The number of hydrogen-bond acceptors (Lipinski definition) is 5. The number of sulfonamides is 1. The number of fused-ring (bicyclic) bond motifs is 1. The maximum Gasteiger partial charge on any atom is 0.242 e. The molecule has 0 saturated heterocycles. The number of para-hydroxylation sites is 1. The normalized spacial score (nSPS) is 11.5. The number of methoxy groups -OCH3 is 2. The fourth-order valence-electron chi connectivity index (χ4n) is 2.90. The summed E-state index contributed by atoms with van der Waals surface area (Å²) >= 11 is 0. The Hall–Kier alpha value is -2.64. The van der Waals surface area contributed by atoms with Crippen molar-refractivity contribution in [2.24, 2.45) is 0 Å².